The molecule has 1 amide bonds. The van der Waals surface area contributed by atoms with Crippen molar-refractivity contribution in [2.45, 2.75) is 19.3 Å². The molecule has 2 aliphatic carbocycles. The Morgan fingerprint density at radius 1 is 1.29 bits per heavy atom. The maximum absolute atomic E-state index is 13.4. The van der Waals surface area contributed by atoms with Crippen LogP contribution in [0.3, 0.4) is 0 Å². The standard InChI is InChI=1S/C13H13ClFNO/c14-10-1-2-11(15)12(6-10)16-13(17)9-4-7-3-8(7)5-9/h1-2,6-9H,3-5H2,(H,16,17). The molecule has 90 valence electrons. The predicted molar refractivity (Wildman–Crippen MR) is 64.4 cm³/mol. The molecule has 0 aliphatic heterocycles. The molecular formula is C13H13ClFNO. The Labute approximate surface area is 104 Å². The molecule has 1 N–H and O–H groups in total. The fraction of sp³-hybridized carbons (Fsp3) is 0.462. The van der Waals surface area contributed by atoms with E-state index in [-0.39, 0.29) is 17.5 Å². The van der Waals surface area contributed by atoms with E-state index in [1.165, 1.54) is 24.6 Å². The molecule has 0 heterocycles. The number of hydrogen-bond donors (Lipinski definition) is 1. The molecule has 3 rings (SSSR count). The van der Waals surface area contributed by atoms with Crippen molar-refractivity contribution in [2.24, 2.45) is 17.8 Å². The minimum atomic E-state index is -0.439. The van der Waals surface area contributed by atoms with Crippen LogP contribution < -0.4 is 5.32 Å². The fourth-order valence-corrected chi connectivity index (χ4v) is 2.93. The molecule has 1 aromatic rings. The molecule has 0 saturated heterocycles. The van der Waals surface area contributed by atoms with Gasteiger partial charge in [-0.25, -0.2) is 4.39 Å². The van der Waals surface area contributed by atoms with E-state index in [2.05, 4.69) is 5.32 Å². The minimum absolute atomic E-state index is 0.0529. The molecule has 0 spiro atoms. The first-order chi connectivity index (χ1) is 8.13. The number of hydrogen-bond acceptors (Lipinski definition) is 1. The van der Waals surface area contributed by atoms with E-state index in [1.807, 2.05) is 0 Å². The second-order valence-corrected chi connectivity index (χ2v) is 5.47. The van der Waals surface area contributed by atoms with Crippen molar-refractivity contribution in [3.05, 3.63) is 29.0 Å². The summed E-state index contributed by atoms with van der Waals surface area (Å²) in [4.78, 5) is 11.9. The van der Waals surface area contributed by atoms with E-state index in [0.717, 1.165) is 24.7 Å². The Morgan fingerprint density at radius 3 is 2.71 bits per heavy atom. The maximum Gasteiger partial charge on any atom is 0.227 e. The first kappa shape index (κ1) is 11.0. The van der Waals surface area contributed by atoms with Gasteiger partial charge in [-0.2, -0.15) is 0 Å². The van der Waals surface area contributed by atoms with Gasteiger partial charge in [-0.05, 0) is 49.3 Å². The topological polar surface area (TPSA) is 29.1 Å². The number of nitrogens with one attached hydrogen (secondary N) is 1. The lowest BCUT2D eigenvalue weighted by Gasteiger charge is -2.12. The van der Waals surface area contributed by atoms with Crippen molar-refractivity contribution in [3.8, 4) is 0 Å². The quantitative estimate of drug-likeness (QED) is 0.859. The van der Waals surface area contributed by atoms with Crippen LogP contribution in [0.25, 0.3) is 0 Å². The molecule has 0 bridgehead atoms. The Hall–Kier alpha value is -1.09. The Morgan fingerprint density at radius 2 is 2.00 bits per heavy atom. The fourth-order valence-electron chi connectivity index (χ4n) is 2.76. The molecule has 0 aromatic heterocycles. The lowest BCUT2D eigenvalue weighted by molar-refractivity contribution is -0.120. The van der Waals surface area contributed by atoms with Crippen molar-refractivity contribution in [2.75, 3.05) is 5.32 Å². The van der Waals surface area contributed by atoms with E-state index in [0.29, 0.717) is 5.02 Å². The molecule has 0 radical (unpaired) electrons. The third kappa shape index (κ3) is 2.16. The summed E-state index contributed by atoms with van der Waals surface area (Å²) in [6, 6.07) is 4.19. The number of carbonyl (C=O) groups excluding carboxylic acids is 1. The summed E-state index contributed by atoms with van der Waals surface area (Å²) in [6.07, 6.45) is 3.19. The summed E-state index contributed by atoms with van der Waals surface area (Å²) in [5.41, 5.74) is 0.183. The molecule has 2 atom stereocenters. The third-order valence-corrected chi connectivity index (χ3v) is 4.04. The molecule has 4 heteroatoms. The lowest BCUT2D eigenvalue weighted by atomic mass is 10.0. The van der Waals surface area contributed by atoms with Crippen molar-refractivity contribution in [1.29, 1.82) is 0 Å². The first-order valence-electron chi connectivity index (χ1n) is 5.89. The zero-order valence-corrected chi connectivity index (χ0v) is 10.0. The second kappa shape index (κ2) is 3.98. The molecule has 2 aliphatic rings. The smallest absolute Gasteiger partial charge is 0.227 e. The lowest BCUT2D eigenvalue weighted by Crippen LogP contribution is -2.22. The summed E-state index contributed by atoms with van der Waals surface area (Å²) in [5, 5.41) is 3.06. The van der Waals surface area contributed by atoms with Gasteiger partial charge in [0, 0.05) is 10.9 Å². The van der Waals surface area contributed by atoms with Gasteiger partial charge in [0.25, 0.3) is 0 Å². The summed E-state index contributed by atoms with van der Waals surface area (Å²) < 4.78 is 13.4. The number of halogens is 2. The Balaban J connectivity index is 1.69. The predicted octanol–water partition coefficient (Wildman–Crippen LogP) is 3.46. The zero-order chi connectivity index (χ0) is 12.0. The molecule has 2 nitrogen and oxygen atoms in total. The van der Waals surface area contributed by atoms with Gasteiger partial charge in [0.05, 0.1) is 5.69 Å². The van der Waals surface area contributed by atoms with Gasteiger partial charge in [-0.1, -0.05) is 11.6 Å². The number of amides is 1. The molecule has 2 fully saturated rings. The van der Waals surface area contributed by atoms with E-state index in [4.69, 9.17) is 11.6 Å². The third-order valence-electron chi connectivity index (χ3n) is 3.80. The Kier molecular flexibility index (Phi) is 2.58. The van der Waals surface area contributed by atoms with Crippen LogP contribution >= 0.6 is 11.6 Å². The van der Waals surface area contributed by atoms with E-state index in [9.17, 15) is 9.18 Å². The number of fused-ring (bicyclic) bond motifs is 1. The van der Waals surface area contributed by atoms with Crippen LogP contribution in [0.4, 0.5) is 10.1 Å². The van der Waals surface area contributed by atoms with Gasteiger partial charge < -0.3 is 5.32 Å². The highest BCUT2D eigenvalue weighted by molar-refractivity contribution is 6.30. The van der Waals surface area contributed by atoms with Crippen LogP contribution in [0.2, 0.25) is 5.02 Å². The number of carbonyl (C=O) groups is 1. The molecule has 1 aromatic carbocycles. The number of benzene rings is 1. The summed E-state index contributed by atoms with van der Waals surface area (Å²) in [6.45, 7) is 0. The van der Waals surface area contributed by atoms with E-state index >= 15 is 0 Å². The highest BCUT2D eigenvalue weighted by Crippen LogP contribution is 2.54. The van der Waals surface area contributed by atoms with Crippen LogP contribution in [0.5, 0.6) is 0 Å². The summed E-state index contributed by atoms with van der Waals surface area (Å²) in [7, 11) is 0. The van der Waals surface area contributed by atoms with Gasteiger partial charge in [-0.15, -0.1) is 0 Å². The van der Waals surface area contributed by atoms with Gasteiger partial charge in [0.2, 0.25) is 5.91 Å². The van der Waals surface area contributed by atoms with Crippen molar-refractivity contribution >= 4 is 23.2 Å². The number of rotatable bonds is 2. The molecule has 2 unspecified atom stereocenters. The summed E-state index contributed by atoms with van der Waals surface area (Å²) >= 11 is 5.77. The van der Waals surface area contributed by atoms with Crippen LogP contribution in [0.1, 0.15) is 19.3 Å². The van der Waals surface area contributed by atoms with Gasteiger partial charge in [-0.3, -0.25) is 4.79 Å². The van der Waals surface area contributed by atoms with Crippen LogP contribution in [0, 0.1) is 23.6 Å². The van der Waals surface area contributed by atoms with E-state index < -0.39 is 5.82 Å². The highest BCUT2D eigenvalue weighted by atomic mass is 35.5. The van der Waals surface area contributed by atoms with Gasteiger partial charge >= 0.3 is 0 Å². The van der Waals surface area contributed by atoms with Crippen LogP contribution in [0.15, 0.2) is 18.2 Å². The normalized spacial score (nSPS) is 29.9. The average Bonchev–Trinajstić information content (AvgIpc) is 2.91. The SMILES string of the molecule is O=C(Nc1cc(Cl)ccc1F)C1CC2CC2C1. The van der Waals surface area contributed by atoms with Crippen molar-refractivity contribution in [1.82, 2.24) is 0 Å². The molecule has 2 saturated carbocycles. The van der Waals surface area contributed by atoms with E-state index in [1.54, 1.807) is 0 Å². The number of anilines is 1. The average molecular weight is 254 g/mol. The minimum Gasteiger partial charge on any atom is -0.323 e. The second-order valence-electron chi connectivity index (χ2n) is 5.04. The van der Waals surface area contributed by atoms with Gasteiger partial charge in [0.15, 0.2) is 0 Å². The maximum atomic E-state index is 13.4. The molecule has 17 heavy (non-hydrogen) atoms. The van der Waals surface area contributed by atoms with Crippen LogP contribution in [-0.4, -0.2) is 5.91 Å². The van der Waals surface area contributed by atoms with Crippen molar-refractivity contribution < 1.29 is 9.18 Å². The zero-order valence-electron chi connectivity index (χ0n) is 9.25. The molecular weight excluding hydrogens is 241 g/mol. The van der Waals surface area contributed by atoms with Crippen LogP contribution in [-0.2, 0) is 4.79 Å². The largest absolute Gasteiger partial charge is 0.323 e. The summed E-state index contributed by atoms with van der Waals surface area (Å²) in [5.74, 6) is 1.03. The first-order valence-corrected chi connectivity index (χ1v) is 6.27. The highest BCUT2D eigenvalue weighted by Gasteiger charge is 2.48. The van der Waals surface area contributed by atoms with Gasteiger partial charge in [0.1, 0.15) is 5.82 Å². The Bertz CT molecular complexity index is 466. The van der Waals surface area contributed by atoms with Crippen molar-refractivity contribution in [3.63, 3.8) is 0 Å². The monoisotopic (exact) mass is 253 g/mol.